The Hall–Kier alpha value is -2.18. The number of aromatic nitrogens is 1. The van der Waals surface area contributed by atoms with Gasteiger partial charge in [0, 0.05) is 17.9 Å². The van der Waals surface area contributed by atoms with Crippen molar-refractivity contribution in [3.63, 3.8) is 0 Å². The van der Waals surface area contributed by atoms with Gasteiger partial charge < -0.3 is 10.6 Å². The fraction of sp³-hybridized carbons (Fsp3) is 0.500. The van der Waals surface area contributed by atoms with Crippen LogP contribution in [0.4, 0.5) is 23.7 Å². The van der Waals surface area contributed by atoms with E-state index in [1.807, 2.05) is 0 Å². The number of carbonyl (C=O) groups is 1. The van der Waals surface area contributed by atoms with Gasteiger partial charge in [0.1, 0.15) is 5.01 Å². The van der Waals surface area contributed by atoms with Crippen LogP contribution in [-0.4, -0.2) is 31.0 Å². The van der Waals surface area contributed by atoms with Gasteiger partial charge in [0.15, 0.2) is 0 Å². The van der Waals surface area contributed by atoms with Gasteiger partial charge in [0.05, 0.1) is 10.4 Å². The van der Waals surface area contributed by atoms with Crippen molar-refractivity contribution < 1.29 is 26.4 Å². The minimum absolute atomic E-state index is 0.189. The van der Waals surface area contributed by atoms with Gasteiger partial charge in [-0.05, 0) is 44.4 Å². The highest BCUT2D eigenvalue weighted by molar-refractivity contribution is 7.90. The molecule has 1 fully saturated rings. The molecule has 7 nitrogen and oxygen atoms in total. The lowest BCUT2D eigenvalue weighted by Gasteiger charge is -2.24. The van der Waals surface area contributed by atoms with Gasteiger partial charge in [-0.2, -0.15) is 17.9 Å². The van der Waals surface area contributed by atoms with E-state index in [-0.39, 0.29) is 17.1 Å². The summed E-state index contributed by atoms with van der Waals surface area (Å²) in [7, 11) is -5.52. The number of halogens is 3. The molecule has 3 rings (SSSR count). The predicted octanol–water partition coefficient (Wildman–Crippen LogP) is 4.94. The second-order valence-electron chi connectivity index (χ2n) is 8.22. The van der Waals surface area contributed by atoms with Crippen LogP contribution in [0.2, 0.25) is 0 Å². The maximum absolute atomic E-state index is 12.7. The maximum atomic E-state index is 12.7. The summed E-state index contributed by atoms with van der Waals surface area (Å²) in [5, 5.41) is 5.95. The molecular formula is C20H25F3N4O3S2. The Morgan fingerprint density at radius 2 is 1.72 bits per heavy atom. The largest absolute Gasteiger partial charge is 0.511 e. The molecule has 32 heavy (non-hydrogen) atoms. The Balaban J connectivity index is 1.65. The van der Waals surface area contributed by atoms with Crippen molar-refractivity contribution in [1.82, 2.24) is 15.0 Å². The lowest BCUT2D eigenvalue weighted by Crippen LogP contribution is -2.46. The van der Waals surface area contributed by atoms with Crippen LogP contribution in [0.3, 0.4) is 0 Å². The number of anilines is 1. The van der Waals surface area contributed by atoms with E-state index < -0.39 is 21.1 Å². The minimum Gasteiger partial charge on any atom is -0.335 e. The number of sulfonamides is 1. The second kappa shape index (κ2) is 9.36. The van der Waals surface area contributed by atoms with Crippen molar-refractivity contribution in [1.29, 1.82) is 0 Å². The third-order valence-corrected chi connectivity index (χ3v) is 7.86. The SMILES string of the molecule is CC(C)(NS(=O)(=O)C(F)(F)F)c1ncc(-c2ccc(NC(=O)NC3CCCCC3)cc2)s1. The summed E-state index contributed by atoms with van der Waals surface area (Å²) in [6, 6.07) is 6.86. The first kappa shape index (κ1) is 24.5. The molecule has 12 heteroatoms. The van der Waals surface area contributed by atoms with Gasteiger partial charge in [-0.1, -0.05) is 31.4 Å². The number of nitrogens with one attached hydrogen (secondary N) is 3. The Kier molecular flexibility index (Phi) is 7.15. The summed E-state index contributed by atoms with van der Waals surface area (Å²) < 4.78 is 62.7. The zero-order valence-electron chi connectivity index (χ0n) is 17.6. The topological polar surface area (TPSA) is 100 Å². The van der Waals surface area contributed by atoms with Crippen LogP contribution in [0.5, 0.6) is 0 Å². The van der Waals surface area contributed by atoms with Crippen LogP contribution in [0.25, 0.3) is 10.4 Å². The molecule has 0 aliphatic heterocycles. The molecule has 1 aliphatic carbocycles. The molecule has 0 bridgehead atoms. The molecule has 1 heterocycles. The average Bonchev–Trinajstić information content (AvgIpc) is 3.19. The number of amides is 2. The van der Waals surface area contributed by atoms with E-state index in [2.05, 4.69) is 15.6 Å². The Morgan fingerprint density at radius 1 is 1.09 bits per heavy atom. The smallest absolute Gasteiger partial charge is 0.335 e. The minimum atomic E-state index is -5.52. The Morgan fingerprint density at radius 3 is 2.31 bits per heavy atom. The van der Waals surface area contributed by atoms with E-state index in [1.54, 1.807) is 29.0 Å². The first-order chi connectivity index (χ1) is 14.9. The quantitative estimate of drug-likeness (QED) is 0.534. The second-order valence-corrected chi connectivity index (χ2v) is 10.9. The van der Waals surface area contributed by atoms with Gasteiger partial charge in [0.25, 0.3) is 0 Å². The highest BCUT2D eigenvalue weighted by Gasteiger charge is 2.49. The monoisotopic (exact) mass is 490 g/mol. The molecule has 3 N–H and O–H groups in total. The fourth-order valence-electron chi connectivity index (χ4n) is 3.45. The van der Waals surface area contributed by atoms with Gasteiger partial charge in [-0.3, -0.25) is 0 Å². The lowest BCUT2D eigenvalue weighted by atomic mass is 9.96. The number of benzene rings is 1. The molecule has 1 aromatic heterocycles. The first-order valence-corrected chi connectivity index (χ1v) is 12.4. The van der Waals surface area contributed by atoms with Crippen molar-refractivity contribution >= 4 is 33.1 Å². The molecule has 2 amide bonds. The molecule has 176 valence electrons. The summed E-state index contributed by atoms with van der Waals surface area (Å²) >= 11 is 1.08. The standard InChI is InChI=1S/C20H25F3N4O3S2/c1-19(2,27-32(29,30)20(21,22)23)17-24-12-16(31-17)13-8-10-15(11-9-13)26-18(28)25-14-6-4-3-5-7-14/h8-12,14,27H,3-7H2,1-2H3,(H2,25,26,28). The summed E-state index contributed by atoms with van der Waals surface area (Å²) in [6.45, 7) is 2.63. The molecule has 2 aromatic rings. The fourth-order valence-corrected chi connectivity index (χ4v) is 5.38. The number of rotatable bonds is 6. The van der Waals surface area contributed by atoms with Crippen LogP contribution in [-0.2, 0) is 15.6 Å². The number of urea groups is 1. The summed E-state index contributed by atoms with van der Waals surface area (Å²) in [6.07, 6.45) is 6.87. The number of carbonyl (C=O) groups excluding carboxylic acids is 1. The van der Waals surface area contributed by atoms with E-state index in [1.165, 1.54) is 26.5 Å². The first-order valence-electron chi connectivity index (χ1n) is 10.1. The summed E-state index contributed by atoms with van der Waals surface area (Å²) in [4.78, 5) is 16.9. The van der Waals surface area contributed by atoms with Crippen molar-refractivity contribution in [2.45, 2.75) is 63.0 Å². The third-order valence-electron chi connectivity index (χ3n) is 5.10. The molecule has 0 unspecified atom stereocenters. The number of hydrogen-bond donors (Lipinski definition) is 3. The van der Waals surface area contributed by atoms with Crippen LogP contribution >= 0.6 is 11.3 Å². The molecular weight excluding hydrogens is 465 g/mol. The number of alkyl halides is 3. The van der Waals surface area contributed by atoms with Crippen molar-refractivity contribution in [3.05, 3.63) is 35.5 Å². The third kappa shape index (κ3) is 5.99. The van der Waals surface area contributed by atoms with Crippen LogP contribution in [0.15, 0.2) is 30.5 Å². The summed E-state index contributed by atoms with van der Waals surface area (Å²) in [5.41, 5.74) is -5.61. The predicted molar refractivity (Wildman–Crippen MR) is 118 cm³/mol. The lowest BCUT2D eigenvalue weighted by molar-refractivity contribution is -0.0455. The normalized spacial score (nSPS) is 16.0. The molecule has 1 aliphatic rings. The average molecular weight is 491 g/mol. The van der Waals surface area contributed by atoms with Gasteiger partial charge in [0.2, 0.25) is 0 Å². The Labute approximate surface area is 188 Å². The zero-order valence-corrected chi connectivity index (χ0v) is 19.3. The van der Waals surface area contributed by atoms with E-state index >= 15 is 0 Å². The van der Waals surface area contributed by atoms with E-state index in [0.29, 0.717) is 10.6 Å². The van der Waals surface area contributed by atoms with Crippen LogP contribution in [0, 0.1) is 0 Å². The number of hydrogen-bond acceptors (Lipinski definition) is 5. The molecule has 0 spiro atoms. The number of thiazole rings is 1. The van der Waals surface area contributed by atoms with E-state index in [0.717, 1.165) is 42.6 Å². The van der Waals surface area contributed by atoms with Gasteiger partial charge in [-0.15, -0.1) is 11.3 Å². The van der Waals surface area contributed by atoms with Crippen molar-refractivity contribution in [2.75, 3.05) is 5.32 Å². The summed E-state index contributed by atoms with van der Waals surface area (Å²) in [5.74, 6) is 0. The van der Waals surface area contributed by atoms with E-state index in [4.69, 9.17) is 0 Å². The molecule has 1 aromatic carbocycles. The van der Waals surface area contributed by atoms with Crippen LogP contribution < -0.4 is 15.4 Å². The number of nitrogens with zero attached hydrogens (tertiary/aromatic N) is 1. The maximum Gasteiger partial charge on any atom is 0.511 e. The van der Waals surface area contributed by atoms with Gasteiger partial charge in [-0.25, -0.2) is 18.2 Å². The van der Waals surface area contributed by atoms with Crippen molar-refractivity contribution in [2.24, 2.45) is 0 Å². The van der Waals surface area contributed by atoms with Crippen LogP contribution in [0.1, 0.15) is 51.0 Å². The molecule has 1 saturated carbocycles. The highest BCUT2D eigenvalue weighted by atomic mass is 32.2. The van der Waals surface area contributed by atoms with Crippen molar-refractivity contribution in [3.8, 4) is 10.4 Å². The molecule has 0 radical (unpaired) electrons. The molecule has 0 atom stereocenters. The van der Waals surface area contributed by atoms with E-state index in [9.17, 15) is 26.4 Å². The highest BCUT2D eigenvalue weighted by Crippen LogP contribution is 2.34. The zero-order chi connectivity index (χ0) is 23.6. The van der Waals surface area contributed by atoms with Gasteiger partial charge >= 0.3 is 21.6 Å². The molecule has 0 saturated heterocycles. The Bertz CT molecular complexity index is 1040.